The van der Waals surface area contributed by atoms with Crippen molar-refractivity contribution in [3.05, 3.63) is 35.4 Å². The molecule has 0 bridgehead atoms. The standard InChI is InChI=1S/C11H11F3O2/c1-7(15)10(16)6-8-3-2-4-9(5-8)11(12,13)14/h2-5,7,15H,6H2,1H3/t7-/m0/s1. The third-order valence-electron chi connectivity index (χ3n) is 2.10. The molecule has 88 valence electrons. The van der Waals surface area contributed by atoms with Crippen LogP contribution in [0.25, 0.3) is 0 Å². The largest absolute Gasteiger partial charge is 0.416 e. The summed E-state index contributed by atoms with van der Waals surface area (Å²) in [6, 6.07) is 4.53. The minimum atomic E-state index is -4.41. The predicted molar refractivity (Wildman–Crippen MR) is 51.8 cm³/mol. The van der Waals surface area contributed by atoms with Gasteiger partial charge in [-0.3, -0.25) is 4.79 Å². The van der Waals surface area contributed by atoms with E-state index in [1.807, 2.05) is 0 Å². The zero-order valence-electron chi connectivity index (χ0n) is 8.58. The quantitative estimate of drug-likeness (QED) is 0.867. The van der Waals surface area contributed by atoms with Crippen molar-refractivity contribution in [1.29, 1.82) is 0 Å². The molecular formula is C11H11F3O2. The van der Waals surface area contributed by atoms with E-state index >= 15 is 0 Å². The average molecular weight is 232 g/mol. The summed E-state index contributed by atoms with van der Waals surface area (Å²) in [5.74, 6) is -0.501. The Balaban J connectivity index is 2.88. The molecule has 2 nitrogen and oxygen atoms in total. The first kappa shape index (κ1) is 12.7. The molecule has 0 amide bonds. The maximum Gasteiger partial charge on any atom is 0.416 e. The van der Waals surface area contributed by atoms with Crippen LogP contribution < -0.4 is 0 Å². The van der Waals surface area contributed by atoms with Gasteiger partial charge in [-0.1, -0.05) is 18.2 Å². The number of aliphatic hydroxyl groups is 1. The van der Waals surface area contributed by atoms with Gasteiger partial charge in [-0.05, 0) is 18.6 Å². The maximum absolute atomic E-state index is 12.3. The van der Waals surface area contributed by atoms with Gasteiger partial charge in [0, 0.05) is 6.42 Å². The van der Waals surface area contributed by atoms with Gasteiger partial charge in [-0.25, -0.2) is 0 Å². The second-order valence-corrected chi connectivity index (χ2v) is 3.52. The Bertz CT molecular complexity index is 383. The summed E-state index contributed by atoms with van der Waals surface area (Å²) in [6.07, 6.45) is -5.76. The molecule has 1 aromatic rings. The highest BCUT2D eigenvalue weighted by Crippen LogP contribution is 2.29. The van der Waals surface area contributed by atoms with E-state index in [1.165, 1.54) is 19.1 Å². The molecule has 1 aromatic carbocycles. The molecule has 0 saturated heterocycles. The maximum atomic E-state index is 12.3. The number of hydrogen-bond acceptors (Lipinski definition) is 2. The minimum Gasteiger partial charge on any atom is -0.386 e. The second-order valence-electron chi connectivity index (χ2n) is 3.52. The SMILES string of the molecule is C[C@H](O)C(=O)Cc1cccc(C(F)(F)F)c1. The molecule has 0 radical (unpaired) electrons. The van der Waals surface area contributed by atoms with Crippen molar-refractivity contribution in [3.8, 4) is 0 Å². The van der Waals surface area contributed by atoms with E-state index in [9.17, 15) is 18.0 Å². The van der Waals surface area contributed by atoms with E-state index in [2.05, 4.69) is 0 Å². The number of carbonyl (C=O) groups excluding carboxylic acids is 1. The average Bonchev–Trinajstić information content (AvgIpc) is 2.16. The number of aliphatic hydroxyl groups excluding tert-OH is 1. The first-order valence-corrected chi connectivity index (χ1v) is 4.67. The van der Waals surface area contributed by atoms with Crippen LogP contribution in [0.15, 0.2) is 24.3 Å². The minimum absolute atomic E-state index is 0.193. The summed E-state index contributed by atoms with van der Waals surface area (Å²) in [5.41, 5.74) is -0.538. The van der Waals surface area contributed by atoms with E-state index in [4.69, 9.17) is 5.11 Å². The van der Waals surface area contributed by atoms with Gasteiger partial charge in [0.15, 0.2) is 5.78 Å². The number of rotatable bonds is 3. The second kappa shape index (κ2) is 4.65. The van der Waals surface area contributed by atoms with Gasteiger partial charge in [0.05, 0.1) is 5.56 Å². The van der Waals surface area contributed by atoms with Crippen molar-refractivity contribution in [1.82, 2.24) is 0 Å². The molecule has 0 spiro atoms. The molecule has 5 heteroatoms. The van der Waals surface area contributed by atoms with Crippen LogP contribution in [0.5, 0.6) is 0 Å². The fourth-order valence-corrected chi connectivity index (χ4v) is 1.21. The number of hydrogen-bond donors (Lipinski definition) is 1. The normalized spacial score (nSPS) is 13.6. The molecule has 1 rings (SSSR count). The molecule has 0 aliphatic rings. The summed E-state index contributed by atoms with van der Waals surface area (Å²) in [5, 5.41) is 8.94. The van der Waals surface area contributed by atoms with Crippen LogP contribution in [0, 0.1) is 0 Å². The van der Waals surface area contributed by atoms with E-state index < -0.39 is 23.6 Å². The highest BCUT2D eigenvalue weighted by Gasteiger charge is 2.30. The van der Waals surface area contributed by atoms with Gasteiger partial charge in [0.2, 0.25) is 0 Å². The van der Waals surface area contributed by atoms with Crippen LogP contribution >= 0.6 is 0 Å². The summed E-state index contributed by atoms with van der Waals surface area (Å²) >= 11 is 0. The monoisotopic (exact) mass is 232 g/mol. The van der Waals surface area contributed by atoms with E-state index in [-0.39, 0.29) is 12.0 Å². The lowest BCUT2D eigenvalue weighted by Crippen LogP contribution is -2.18. The molecule has 0 heterocycles. The number of alkyl halides is 3. The van der Waals surface area contributed by atoms with Crippen LogP contribution in [-0.2, 0) is 17.4 Å². The number of benzene rings is 1. The van der Waals surface area contributed by atoms with Crippen molar-refractivity contribution in [2.75, 3.05) is 0 Å². The molecule has 0 unspecified atom stereocenters. The van der Waals surface area contributed by atoms with Gasteiger partial charge >= 0.3 is 6.18 Å². The van der Waals surface area contributed by atoms with Crippen molar-refractivity contribution in [2.24, 2.45) is 0 Å². The molecule has 0 aromatic heterocycles. The Morgan fingerprint density at radius 2 is 2.06 bits per heavy atom. The van der Waals surface area contributed by atoms with Crippen LogP contribution in [0.1, 0.15) is 18.1 Å². The Labute approximate surface area is 90.7 Å². The lowest BCUT2D eigenvalue weighted by atomic mass is 10.0. The Hall–Kier alpha value is -1.36. The van der Waals surface area contributed by atoms with Crippen molar-refractivity contribution in [2.45, 2.75) is 25.6 Å². The lowest BCUT2D eigenvalue weighted by molar-refractivity contribution is -0.137. The van der Waals surface area contributed by atoms with Gasteiger partial charge in [-0.15, -0.1) is 0 Å². The molecule has 0 fully saturated rings. The summed E-state index contributed by atoms with van der Waals surface area (Å²) < 4.78 is 37.0. The number of halogens is 3. The molecule has 1 atom stereocenters. The fourth-order valence-electron chi connectivity index (χ4n) is 1.21. The van der Waals surface area contributed by atoms with Gasteiger partial charge in [-0.2, -0.15) is 13.2 Å². The van der Waals surface area contributed by atoms with E-state index in [0.29, 0.717) is 0 Å². The Kier molecular flexibility index (Phi) is 3.70. The van der Waals surface area contributed by atoms with Crippen LogP contribution in [-0.4, -0.2) is 17.0 Å². The number of Topliss-reactive ketones (excluding diaryl/α,β-unsaturated/α-hetero) is 1. The zero-order valence-corrected chi connectivity index (χ0v) is 8.58. The number of ketones is 1. The Morgan fingerprint density at radius 1 is 1.44 bits per heavy atom. The topological polar surface area (TPSA) is 37.3 Å². The van der Waals surface area contributed by atoms with E-state index in [1.54, 1.807) is 0 Å². The summed E-state index contributed by atoms with van der Waals surface area (Å²) in [4.78, 5) is 11.1. The number of carbonyl (C=O) groups is 1. The molecule has 0 saturated carbocycles. The highest BCUT2D eigenvalue weighted by molar-refractivity contribution is 5.84. The lowest BCUT2D eigenvalue weighted by Gasteiger charge is -2.09. The first-order chi connectivity index (χ1) is 7.30. The van der Waals surface area contributed by atoms with Crippen LogP contribution in [0.4, 0.5) is 13.2 Å². The first-order valence-electron chi connectivity index (χ1n) is 4.67. The summed E-state index contributed by atoms with van der Waals surface area (Å²) in [6.45, 7) is 1.29. The predicted octanol–water partition coefficient (Wildman–Crippen LogP) is 2.20. The van der Waals surface area contributed by atoms with Crippen molar-refractivity contribution in [3.63, 3.8) is 0 Å². The smallest absolute Gasteiger partial charge is 0.386 e. The molecule has 1 N–H and O–H groups in total. The third-order valence-corrected chi connectivity index (χ3v) is 2.10. The van der Waals surface area contributed by atoms with Crippen molar-refractivity contribution < 1.29 is 23.1 Å². The molecular weight excluding hydrogens is 221 g/mol. The van der Waals surface area contributed by atoms with Gasteiger partial charge in [0.1, 0.15) is 6.10 Å². The van der Waals surface area contributed by atoms with Gasteiger partial charge in [0.25, 0.3) is 0 Å². The molecule has 0 aliphatic carbocycles. The van der Waals surface area contributed by atoms with E-state index in [0.717, 1.165) is 12.1 Å². The van der Waals surface area contributed by atoms with Crippen molar-refractivity contribution >= 4 is 5.78 Å². The Morgan fingerprint density at radius 3 is 2.56 bits per heavy atom. The van der Waals surface area contributed by atoms with Gasteiger partial charge < -0.3 is 5.11 Å². The summed E-state index contributed by atoms with van der Waals surface area (Å²) in [7, 11) is 0. The van der Waals surface area contributed by atoms with Crippen LogP contribution in [0.3, 0.4) is 0 Å². The molecule has 16 heavy (non-hydrogen) atoms. The fraction of sp³-hybridized carbons (Fsp3) is 0.364. The zero-order chi connectivity index (χ0) is 12.3. The van der Waals surface area contributed by atoms with Crippen LogP contribution in [0.2, 0.25) is 0 Å². The molecule has 0 aliphatic heterocycles. The highest BCUT2D eigenvalue weighted by atomic mass is 19.4. The third kappa shape index (κ3) is 3.34.